The van der Waals surface area contributed by atoms with Gasteiger partial charge in [-0.25, -0.2) is 15.0 Å². The largest absolute Gasteiger partial charge is 0.308 e. The summed E-state index contributed by atoms with van der Waals surface area (Å²) in [7, 11) is 0. The van der Waals surface area contributed by atoms with Crippen LogP contribution in [0.2, 0.25) is 0 Å². The van der Waals surface area contributed by atoms with Gasteiger partial charge in [0.2, 0.25) is 0 Å². The van der Waals surface area contributed by atoms with E-state index in [9.17, 15) is 0 Å². The highest BCUT2D eigenvalue weighted by molar-refractivity contribution is 6.16. The highest BCUT2D eigenvalue weighted by Crippen LogP contribution is 2.55. The number of anilines is 3. The maximum absolute atomic E-state index is 5.00. The molecule has 0 aliphatic carbocycles. The first-order chi connectivity index (χ1) is 26.1. The molecule has 0 saturated carbocycles. The number of rotatable bonds is 5. The Morgan fingerprint density at radius 1 is 0.415 bits per heavy atom. The lowest BCUT2D eigenvalue weighted by Gasteiger charge is -2.42. The SMILES string of the molecule is CC1(C)c2ccccc2N(c2ccc(-c3nc(-c4ccccc4)nc(-c4ccccc4)n3)cc2)c2c1ccc1c3ccccc3n(-c3ccccc3)c21. The van der Waals surface area contributed by atoms with Gasteiger partial charge in [-0.3, -0.25) is 0 Å². The molecule has 3 heterocycles. The summed E-state index contributed by atoms with van der Waals surface area (Å²) in [6, 6.07) is 61.9. The van der Waals surface area contributed by atoms with Crippen LogP contribution in [0.3, 0.4) is 0 Å². The van der Waals surface area contributed by atoms with Crippen molar-refractivity contribution in [3.63, 3.8) is 0 Å². The van der Waals surface area contributed by atoms with Crippen molar-refractivity contribution in [2.24, 2.45) is 0 Å². The predicted molar refractivity (Wildman–Crippen MR) is 217 cm³/mol. The summed E-state index contributed by atoms with van der Waals surface area (Å²) in [5, 5.41) is 2.46. The molecule has 0 unspecified atom stereocenters. The van der Waals surface area contributed by atoms with E-state index in [0.717, 1.165) is 28.1 Å². The third-order valence-electron chi connectivity index (χ3n) is 10.6. The lowest BCUT2D eigenvalue weighted by Crippen LogP contribution is -2.31. The van der Waals surface area contributed by atoms with Gasteiger partial charge in [0.25, 0.3) is 0 Å². The molecule has 10 rings (SSSR count). The van der Waals surface area contributed by atoms with Gasteiger partial charge in [-0.2, -0.15) is 0 Å². The van der Waals surface area contributed by atoms with Crippen LogP contribution in [0.15, 0.2) is 176 Å². The van der Waals surface area contributed by atoms with E-state index in [1.54, 1.807) is 0 Å². The number of hydrogen-bond acceptors (Lipinski definition) is 4. The zero-order valence-corrected chi connectivity index (χ0v) is 29.5. The first-order valence-corrected chi connectivity index (χ1v) is 18.1. The number of benzene rings is 7. The summed E-state index contributed by atoms with van der Waals surface area (Å²) in [6.45, 7) is 4.70. The van der Waals surface area contributed by atoms with Crippen LogP contribution < -0.4 is 4.90 Å². The van der Waals surface area contributed by atoms with Crippen molar-refractivity contribution in [1.82, 2.24) is 19.5 Å². The summed E-state index contributed by atoms with van der Waals surface area (Å²) in [6.07, 6.45) is 0. The Balaban J connectivity index is 1.20. The van der Waals surface area contributed by atoms with Crippen LogP contribution in [0.5, 0.6) is 0 Å². The zero-order chi connectivity index (χ0) is 35.5. The van der Waals surface area contributed by atoms with Crippen LogP contribution in [-0.4, -0.2) is 19.5 Å². The second kappa shape index (κ2) is 12.1. The molecule has 2 aromatic heterocycles. The van der Waals surface area contributed by atoms with E-state index in [1.807, 2.05) is 60.7 Å². The molecule has 1 aliphatic rings. The average Bonchev–Trinajstić information content (AvgIpc) is 3.57. The zero-order valence-electron chi connectivity index (χ0n) is 29.5. The first-order valence-electron chi connectivity index (χ1n) is 18.1. The number of aromatic nitrogens is 4. The molecule has 0 N–H and O–H groups in total. The summed E-state index contributed by atoms with van der Waals surface area (Å²) >= 11 is 0. The van der Waals surface area contributed by atoms with E-state index in [4.69, 9.17) is 15.0 Å². The molecule has 7 aromatic carbocycles. The molecule has 0 radical (unpaired) electrons. The minimum atomic E-state index is -0.235. The second-order valence-corrected chi connectivity index (χ2v) is 14.1. The standard InChI is InChI=1S/C48H35N5/c1-48(2)39-23-13-15-25-42(39)53(44-40(48)31-30-38-37-22-12-14-24-41(37)52(43(38)44)35-20-10-5-11-21-35)36-28-26-34(27-29-36)47-50-45(32-16-6-3-7-17-32)49-46(51-47)33-18-8-4-9-19-33/h3-31H,1-2H3. The molecular weight excluding hydrogens is 647 g/mol. The van der Waals surface area contributed by atoms with Gasteiger partial charge in [-0.15, -0.1) is 0 Å². The highest BCUT2D eigenvalue weighted by Gasteiger charge is 2.39. The fourth-order valence-electron chi connectivity index (χ4n) is 8.04. The Kier molecular flexibility index (Phi) is 7.08. The van der Waals surface area contributed by atoms with Crippen LogP contribution in [-0.2, 0) is 5.41 Å². The van der Waals surface area contributed by atoms with Crippen molar-refractivity contribution in [1.29, 1.82) is 0 Å². The van der Waals surface area contributed by atoms with Crippen molar-refractivity contribution in [2.45, 2.75) is 19.3 Å². The van der Waals surface area contributed by atoms with Crippen LogP contribution in [0.25, 0.3) is 61.7 Å². The van der Waals surface area contributed by atoms with Gasteiger partial charge in [0, 0.05) is 44.3 Å². The van der Waals surface area contributed by atoms with E-state index in [-0.39, 0.29) is 5.41 Å². The lowest BCUT2D eigenvalue weighted by atomic mass is 9.73. The smallest absolute Gasteiger partial charge is 0.164 e. The van der Waals surface area contributed by atoms with E-state index in [2.05, 4.69) is 139 Å². The monoisotopic (exact) mass is 681 g/mol. The van der Waals surface area contributed by atoms with Gasteiger partial charge in [0.05, 0.1) is 22.4 Å². The Labute approximate surface area is 308 Å². The molecule has 0 atom stereocenters. The fraction of sp³-hybridized carbons (Fsp3) is 0.0625. The molecular formula is C48H35N5. The third-order valence-corrected chi connectivity index (χ3v) is 10.6. The Hall–Kier alpha value is -6.85. The number of hydrogen-bond donors (Lipinski definition) is 0. The first kappa shape index (κ1) is 30.9. The molecule has 252 valence electrons. The molecule has 0 amide bonds. The maximum atomic E-state index is 5.00. The van der Waals surface area contributed by atoms with Crippen LogP contribution in [0.1, 0.15) is 25.0 Å². The maximum Gasteiger partial charge on any atom is 0.164 e. The summed E-state index contributed by atoms with van der Waals surface area (Å²) in [5.74, 6) is 1.93. The van der Waals surface area contributed by atoms with Crippen molar-refractivity contribution >= 4 is 38.9 Å². The molecule has 5 heteroatoms. The molecule has 53 heavy (non-hydrogen) atoms. The van der Waals surface area contributed by atoms with E-state index >= 15 is 0 Å². The molecule has 0 saturated heterocycles. The molecule has 9 aromatic rings. The Morgan fingerprint density at radius 2 is 0.943 bits per heavy atom. The van der Waals surface area contributed by atoms with E-state index in [1.165, 1.54) is 44.3 Å². The highest BCUT2D eigenvalue weighted by atomic mass is 15.2. The summed E-state index contributed by atoms with van der Waals surface area (Å²) in [4.78, 5) is 17.4. The van der Waals surface area contributed by atoms with E-state index < -0.39 is 0 Å². The molecule has 5 nitrogen and oxygen atoms in total. The minimum Gasteiger partial charge on any atom is -0.308 e. The lowest BCUT2D eigenvalue weighted by molar-refractivity contribution is 0.633. The summed E-state index contributed by atoms with van der Waals surface area (Å²) < 4.78 is 2.44. The topological polar surface area (TPSA) is 46.8 Å². The van der Waals surface area contributed by atoms with Crippen LogP contribution in [0.4, 0.5) is 17.1 Å². The van der Waals surface area contributed by atoms with Gasteiger partial charge in [0.15, 0.2) is 17.5 Å². The van der Waals surface area contributed by atoms with Crippen LogP contribution >= 0.6 is 0 Å². The van der Waals surface area contributed by atoms with Crippen molar-refractivity contribution in [3.8, 4) is 39.9 Å². The van der Waals surface area contributed by atoms with Gasteiger partial charge in [-0.05, 0) is 59.7 Å². The van der Waals surface area contributed by atoms with Gasteiger partial charge >= 0.3 is 0 Å². The quantitative estimate of drug-likeness (QED) is 0.181. The molecule has 0 spiro atoms. The van der Waals surface area contributed by atoms with Gasteiger partial charge in [0.1, 0.15) is 0 Å². The molecule has 1 aliphatic heterocycles. The summed E-state index contributed by atoms with van der Waals surface area (Å²) in [5.41, 5.74) is 12.1. The van der Waals surface area contributed by atoms with E-state index in [0.29, 0.717) is 17.5 Å². The predicted octanol–water partition coefficient (Wildman–Crippen LogP) is 12.1. The van der Waals surface area contributed by atoms with Gasteiger partial charge in [-0.1, -0.05) is 141 Å². The normalized spacial score (nSPS) is 13.2. The van der Waals surface area contributed by atoms with Crippen molar-refractivity contribution in [3.05, 3.63) is 187 Å². The molecule has 0 bridgehead atoms. The number of fused-ring (bicyclic) bond motifs is 6. The van der Waals surface area contributed by atoms with Crippen LogP contribution in [0, 0.1) is 0 Å². The Bertz CT molecular complexity index is 2730. The number of para-hydroxylation sites is 3. The fourth-order valence-corrected chi connectivity index (χ4v) is 8.04. The van der Waals surface area contributed by atoms with Gasteiger partial charge < -0.3 is 9.47 Å². The second-order valence-electron chi connectivity index (χ2n) is 14.1. The third kappa shape index (κ3) is 4.96. The number of nitrogens with zero attached hydrogens (tertiary/aromatic N) is 5. The van der Waals surface area contributed by atoms with Crippen molar-refractivity contribution in [2.75, 3.05) is 4.90 Å². The average molecular weight is 682 g/mol. The Morgan fingerprint density at radius 3 is 1.58 bits per heavy atom. The molecule has 0 fully saturated rings. The minimum absolute atomic E-state index is 0.235. The van der Waals surface area contributed by atoms with Crippen molar-refractivity contribution < 1.29 is 0 Å².